The van der Waals surface area contributed by atoms with Crippen LogP contribution in [0.4, 0.5) is 0 Å². The Morgan fingerprint density at radius 1 is 1.38 bits per heavy atom. The standard InChI is InChI=1S/C10H24N2O3S/c1-4-5-9-12(3)16(14,15)11-8-6-7-10(2)13/h10-11,13H,4-9H2,1-3H3. The molecule has 0 radical (unpaired) electrons. The van der Waals surface area contributed by atoms with Gasteiger partial charge in [-0.05, 0) is 26.2 Å². The third-order valence-electron chi connectivity index (χ3n) is 2.32. The van der Waals surface area contributed by atoms with Gasteiger partial charge in [-0.3, -0.25) is 0 Å². The first-order chi connectivity index (χ1) is 7.40. The molecule has 0 rings (SSSR count). The summed E-state index contributed by atoms with van der Waals surface area (Å²) in [6.45, 7) is 4.64. The number of nitrogens with one attached hydrogen (secondary N) is 1. The Bertz CT molecular complexity index is 265. The Kier molecular flexibility index (Phi) is 7.91. The molecule has 16 heavy (non-hydrogen) atoms. The molecule has 0 aliphatic heterocycles. The largest absolute Gasteiger partial charge is 0.393 e. The molecule has 0 aromatic carbocycles. The van der Waals surface area contributed by atoms with E-state index < -0.39 is 10.2 Å². The van der Waals surface area contributed by atoms with Crippen molar-refractivity contribution < 1.29 is 13.5 Å². The molecule has 0 amide bonds. The summed E-state index contributed by atoms with van der Waals surface area (Å²) in [6, 6.07) is 0. The zero-order valence-corrected chi connectivity index (χ0v) is 11.3. The monoisotopic (exact) mass is 252 g/mol. The van der Waals surface area contributed by atoms with E-state index in [1.165, 1.54) is 4.31 Å². The van der Waals surface area contributed by atoms with Crippen molar-refractivity contribution in [3.63, 3.8) is 0 Å². The molecule has 0 spiro atoms. The lowest BCUT2D eigenvalue weighted by molar-refractivity contribution is 0.182. The normalized spacial score (nSPS) is 14.3. The molecule has 0 saturated carbocycles. The van der Waals surface area contributed by atoms with Crippen molar-refractivity contribution >= 4 is 10.2 Å². The molecule has 0 heterocycles. The van der Waals surface area contributed by atoms with Crippen LogP contribution >= 0.6 is 0 Å². The summed E-state index contributed by atoms with van der Waals surface area (Å²) in [7, 11) is -1.75. The van der Waals surface area contributed by atoms with Gasteiger partial charge in [0, 0.05) is 20.1 Å². The molecule has 0 aliphatic carbocycles. The predicted octanol–water partition coefficient (Wildman–Crippen LogP) is 0.714. The van der Waals surface area contributed by atoms with E-state index in [2.05, 4.69) is 4.72 Å². The van der Waals surface area contributed by atoms with E-state index >= 15 is 0 Å². The number of hydrogen-bond donors (Lipinski definition) is 2. The van der Waals surface area contributed by atoms with Crippen LogP contribution in [0.2, 0.25) is 0 Å². The van der Waals surface area contributed by atoms with Crippen LogP contribution in [0.3, 0.4) is 0 Å². The highest BCUT2D eigenvalue weighted by molar-refractivity contribution is 7.87. The van der Waals surface area contributed by atoms with Gasteiger partial charge >= 0.3 is 0 Å². The van der Waals surface area contributed by atoms with Crippen molar-refractivity contribution in [3.05, 3.63) is 0 Å². The van der Waals surface area contributed by atoms with Crippen LogP contribution in [0.1, 0.15) is 39.5 Å². The molecule has 1 atom stereocenters. The third kappa shape index (κ3) is 7.16. The van der Waals surface area contributed by atoms with Gasteiger partial charge in [0.2, 0.25) is 0 Å². The van der Waals surface area contributed by atoms with Gasteiger partial charge in [-0.2, -0.15) is 12.7 Å². The minimum absolute atomic E-state index is 0.373. The topological polar surface area (TPSA) is 69.6 Å². The molecule has 98 valence electrons. The van der Waals surface area contributed by atoms with Gasteiger partial charge in [-0.25, -0.2) is 4.72 Å². The highest BCUT2D eigenvalue weighted by Crippen LogP contribution is 1.99. The SMILES string of the molecule is CCCCN(C)S(=O)(=O)NCCCC(C)O. The smallest absolute Gasteiger partial charge is 0.279 e. The second kappa shape index (κ2) is 8.00. The van der Waals surface area contributed by atoms with Crippen LogP contribution in [-0.2, 0) is 10.2 Å². The van der Waals surface area contributed by atoms with Crippen molar-refractivity contribution in [2.75, 3.05) is 20.1 Å². The van der Waals surface area contributed by atoms with Crippen molar-refractivity contribution in [1.82, 2.24) is 9.03 Å². The molecule has 0 aliphatic rings. The zero-order valence-electron chi connectivity index (χ0n) is 10.4. The fourth-order valence-electron chi connectivity index (χ4n) is 1.21. The maximum absolute atomic E-state index is 11.6. The molecule has 0 aromatic heterocycles. The van der Waals surface area contributed by atoms with Crippen LogP contribution < -0.4 is 4.72 Å². The Balaban J connectivity index is 3.86. The maximum atomic E-state index is 11.6. The molecule has 1 unspecified atom stereocenters. The summed E-state index contributed by atoms with van der Waals surface area (Å²) in [5, 5.41) is 9.02. The first kappa shape index (κ1) is 15.8. The van der Waals surface area contributed by atoms with Gasteiger partial charge in [-0.1, -0.05) is 13.3 Å². The summed E-state index contributed by atoms with van der Waals surface area (Å²) in [4.78, 5) is 0. The second-order valence-corrected chi connectivity index (χ2v) is 5.93. The van der Waals surface area contributed by atoms with Gasteiger partial charge in [0.05, 0.1) is 6.10 Å². The van der Waals surface area contributed by atoms with E-state index in [-0.39, 0.29) is 6.10 Å². The van der Waals surface area contributed by atoms with E-state index in [1.807, 2.05) is 6.92 Å². The van der Waals surface area contributed by atoms with E-state index in [9.17, 15) is 8.42 Å². The van der Waals surface area contributed by atoms with Crippen molar-refractivity contribution in [3.8, 4) is 0 Å². The molecule has 0 fully saturated rings. The minimum Gasteiger partial charge on any atom is -0.393 e. The van der Waals surface area contributed by atoms with Crippen LogP contribution in [0.25, 0.3) is 0 Å². The molecule has 0 bridgehead atoms. The van der Waals surface area contributed by atoms with E-state index in [0.29, 0.717) is 25.9 Å². The fraction of sp³-hybridized carbons (Fsp3) is 1.00. The van der Waals surface area contributed by atoms with Crippen LogP contribution in [0.5, 0.6) is 0 Å². The van der Waals surface area contributed by atoms with Crippen molar-refractivity contribution in [2.24, 2.45) is 0 Å². The van der Waals surface area contributed by atoms with Crippen LogP contribution in [0, 0.1) is 0 Å². The highest BCUT2D eigenvalue weighted by Gasteiger charge is 2.15. The van der Waals surface area contributed by atoms with Gasteiger partial charge in [0.15, 0.2) is 0 Å². The molecule has 6 heteroatoms. The quantitative estimate of drug-likeness (QED) is 0.594. The van der Waals surface area contributed by atoms with E-state index in [1.54, 1.807) is 14.0 Å². The van der Waals surface area contributed by atoms with Gasteiger partial charge < -0.3 is 5.11 Å². The number of aliphatic hydroxyl groups excluding tert-OH is 1. The highest BCUT2D eigenvalue weighted by atomic mass is 32.2. The minimum atomic E-state index is -3.33. The van der Waals surface area contributed by atoms with Crippen LogP contribution in [0.15, 0.2) is 0 Å². The first-order valence-corrected chi connectivity index (χ1v) is 7.23. The summed E-state index contributed by atoms with van der Waals surface area (Å²) < 4.78 is 27.1. The summed E-state index contributed by atoms with van der Waals surface area (Å²) in [6.07, 6.45) is 2.73. The summed E-state index contributed by atoms with van der Waals surface area (Å²) in [5.74, 6) is 0. The van der Waals surface area contributed by atoms with Crippen molar-refractivity contribution in [2.45, 2.75) is 45.6 Å². The Morgan fingerprint density at radius 3 is 2.50 bits per heavy atom. The maximum Gasteiger partial charge on any atom is 0.279 e. The number of nitrogens with zero attached hydrogens (tertiary/aromatic N) is 1. The first-order valence-electron chi connectivity index (χ1n) is 5.79. The number of aliphatic hydroxyl groups is 1. The van der Waals surface area contributed by atoms with E-state index in [4.69, 9.17) is 5.11 Å². The Labute approximate surface area is 99.0 Å². The second-order valence-electron chi connectivity index (χ2n) is 4.07. The number of hydrogen-bond acceptors (Lipinski definition) is 3. The fourth-order valence-corrected chi connectivity index (χ4v) is 2.20. The Hall–Kier alpha value is -0.170. The molecule has 0 aromatic rings. The number of unbranched alkanes of at least 4 members (excludes halogenated alkanes) is 1. The lowest BCUT2D eigenvalue weighted by Gasteiger charge is -2.17. The summed E-state index contributed by atoms with van der Waals surface area (Å²) in [5.41, 5.74) is 0. The van der Waals surface area contributed by atoms with Gasteiger partial charge in [-0.15, -0.1) is 0 Å². The molecule has 5 nitrogen and oxygen atoms in total. The average Bonchev–Trinajstić information content (AvgIpc) is 2.20. The molecular formula is C10H24N2O3S. The Morgan fingerprint density at radius 2 is 2.00 bits per heavy atom. The van der Waals surface area contributed by atoms with Gasteiger partial charge in [0.25, 0.3) is 10.2 Å². The van der Waals surface area contributed by atoms with Crippen LogP contribution in [-0.4, -0.2) is 44.1 Å². The van der Waals surface area contributed by atoms with Crippen molar-refractivity contribution in [1.29, 1.82) is 0 Å². The lowest BCUT2D eigenvalue weighted by atomic mass is 10.2. The molecule has 2 N–H and O–H groups in total. The summed E-state index contributed by atoms with van der Waals surface area (Å²) >= 11 is 0. The predicted molar refractivity (Wildman–Crippen MR) is 65.4 cm³/mol. The van der Waals surface area contributed by atoms with Gasteiger partial charge in [0.1, 0.15) is 0 Å². The molecule has 0 saturated heterocycles. The molecular weight excluding hydrogens is 228 g/mol. The average molecular weight is 252 g/mol. The lowest BCUT2D eigenvalue weighted by Crippen LogP contribution is -2.39. The number of rotatable bonds is 9. The van der Waals surface area contributed by atoms with E-state index in [0.717, 1.165) is 12.8 Å². The zero-order chi connectivity index (χ0) is 12.6. The third-order valence-corrected chi connectivity index (χ3v) is 3.89.